The molecule has 0 amide bonds. The molecule has 72 valence electrons. The molecule has 3 nitrogen and oxygen atoms in total. The molecule has 0 atom stereocenters. The highest BCUT2D eigenvalue weighted by Gasteiger charge is 2.38. The molecule has 1 heterocycles. The molecule has 1 saturated carbocycles. The normalized spacial score (nSPS) is 18.1. The van der Waals surface area contributed by atoms with Gasteiger partial charge in [-0.3, -0.25) is 0 Å². The molecule has 1 aliphatic rings. The van der Waals surface area contributed by atoms with Gasteiger partial charge in [0.2, 0.25) is 6.08 Å². The molecule has 0 N–H and O–H groups in total. The van der Waals surface area contributed by atoms with Crippen molar-refractivity contribution in [3.63, 3.8) is 0 Å². The number of aliphatic imine (C=N–C) groups is 1. The fourth-order valence-corrected chi connectivity index (χ4v) is 1.83. The van der Waals surface area contributed by atoms with Gasteiger partial charge in [0.15, 0.2) is 0 Å². The molecule has 4 heteroatoms. The number of isocyanates is 1. The van der Waals surface area contributed by atoms with E-state index in [1.54, 1.807) is 18.3 Å². The van der Waals surface area contributed by atoms with E-state index in [1.807, 2.05) is 6.07 Å². The van der Waals surface area contributed by atoms with Crippen molar-refractivity contribution in [3.05, 3.63) is 29.0 Å². The highest BCUT2D eigenvalue weighted by molar-refractivity contribution is 6.29. The first-order valence-electron chi connectivity index (χ1n) is 4.48. The second-order valence-corrected chi connectivity index (χ2v) is 3.85. The van der Waals surface area contributed by atoms with Crippen LogP contribution < -0.4 is 0 Å². The first-order valence-corrected chi connectivity index (χ1v) is 4.86. The maximum absolute atomic E-state index is 10.3. The van der Waals surface area contributed by atoms with Crippen LogP contribution in [0.3, 0.4) is 0 Å². The maximum atomic E-state index is 10.3. The predicted molar refractivity (Wildman–Crippen MR) is 52.9 cm³/mol. The highest BCUT2D eigenvalue weighted by Crippen LogP contribution is 2.44. The van der Waals surface area contributed by atoms with Crippen LogP contribution in [-0.4, -0.2) is 11.1 Å². The standard InChI is InChI=1S/C10H9ClN2O/c11-9-3-2-8(6-12-9)10(13-7-14)4-1-5-10/h2-3,6H,1,4-5H2. The fourth-order valence-electron chi connectivity index (χ4n) is 1.72. The molecule has 0 aliphatic heterocycles. The van der Waals surface area contributed by atoms with E-state index in [-0.39, 0.29) is 5.54 Å². The van der Waals surface area contributed by atoms with Crippen molar-refractivity contribution in [2.45, 2.75) is 24.8 Å². The van der Waals surface area contributed by atoms with E-state index in [0.717, 1.165) is 24.8 Å². The number of nitrogens with zero attached hydrogens (tertiary/aromatic N) is 2. The van der Waals surface area contributed by atoms with E-state index in [9.17, 15) is 4.79 Å². The second-order valence-electron chi connectivity index (χ2n) is 3.46. The third kappa shape index (κ3) is 1.45. The Morgan fingerprint density at radius 2 is 2.29 bits per heavy atom. The van der Waals surface area contributed by atoms with Crippen molar-refractivity contribution in [1.29, 1.82) is 0 Å². The third-order valence-electron chi connectivity index (χ3n) is 2.71. The number of hydrogen-bond acceptors (Lipinski definition) is 3. The first kappa shape index (κ1) is 9.38. The summed E-state index contributed by atoms with van der Waals surface area (Å²) in [6.07, 6.45) is 6.20. The van der Waals surface area contributed by atoms with Crippen LogP contribution >= 0.6 is 11.6 Å². The lowest BCUT2D eigenvalue weighted by atomic mass is 9.73. The van der Waals surface area contributed by atoms with Crippen LogP contribution in [0.2, 0.25) is 5.15 Å². The van der Waals surface area contributed by atoms with Gasteiger partial charge < -0.3 is 0 Å². The number of halogens is 1. The minimum absolute atomic E-state index is 0.362. The molecule has 0 bridgehead atoms. The topological polar surface area (TPSA) is 42.3 Å². The molecule has 0 radical (unpaired) electrons. The minimum atomic E-state index is -0.362. The van der Waals surface area contributed by atoms with Crippen molar-refractivity contribution in [1.82, 2.24) is 4.98 Å². The zero-order chi connectivity index (χ0) is 10.0. The quantitative estimate of drug-likeness (QED) is 0.426. The summed E-state index contributed by atoms with van der Waals surface area (Å²) in [4.78, 5) is 18.2. The Balaban J connectivity index is 2.36. The van der Waals surface area contributed by atoms with E-state index in [4.69, 9.17) is 11.6 Å². The molecule has 1 aromatic heterocycles. The van der Waals surface area contributed by atoms with E-state index in [0.29, 0.717) is 5.15 Å². The molecule has 2 rings (SSSR count). The lowest BCUT2D eigenvalue weighted by molar-refractivity contribution is 0.255. The van der Waals surface area contributed by atoms with Crippen LogP contribution in [0.15, 0.2) is 23.3 Å². The lowest BCUT2D eigenvalue weighted by Gasteiger charge is -2.36. The molecule has 1 aromatic rings. The minimum Gasteiger partial charge on any atom is -0.244 e. The molecule has 0 aromatic carbocycles. The third-order valence-corrected chi connectivity index (χ3v) is 2.93. The molecule has 0 saturated heterocycles. The summed E-state index contributed by atoms with van der Waals surface area (Å²) >= 11 is 5.68. The van der Waals surface area contributed by atoms with Gasteiger partial charge in [-0.1, -0.05) is 17.7 Å². The first-order chi connectivity index (χ1) is 6.77. The maximum Gasteiger partial charge on any atom is 0.235 e. The van der Waals surface area contributed by atoms with Crippen molar-refractivity contribution >= 4 is 17.7 Å². The highest BCUT2D eigenvalue weighted by atomic mass is 35.5. The Bertz CT molecular complexity index is 378. The van der Waals surface area contributed by atoms with Crippen LogP contribution in [0.5, 0.6) is 0 Å². The van der Waals surface area contributed by atoms with Crippen LogP contribution in [0.1, 0.15) is 24.8 Å². The van der Waals surface area contributed by atoms with Crippen LogP contribution in [0, 0.1) is 0 Å². The van der Waals surface area contributed by atoms with Crippen molar-refractivity contribution in [2.75, 3.05) is 0 Å². The van der Waals surface area contributed by atoms with Crippen LogP contribution in [0.4, 0.5) is 0 Å². The zero-order valence-electron chi connectivity index (χ0n) is 7.53. The van der Waals surface area contributed by atoms with E-state index in [1.165, 1.54) is 0 Å². The molecule has 1 aliphatic carbocycles. The van der Waals surface area contributed by atoms with Gasteiger partial charge in [-0.2, -0.15) is 4.99 Å². The van der Waals surface area contributed by atoms with Gasteiger partial charge >= 0.3 is 0 Å². The fraction of sp³-hybridized carbons (Fsp3) is 0.400. The number of rotatable bonds is 2. The molecular weight excluding hydrogens is 200 g/mol. The summed E-state index contributed by atoms with van der Waals surface area (Å²) in [5, 5.41) is 0.457. The van der Waals surface area contributed by atoms with E-state index >= 15 is 0 Å². The average Bonchev–Trinajstić information content (AvgIpc) is 2.13. The van der Waals surface area contributed by atoms with Gasteiger partial charge in [0.1, 0.15) is 5.15 Å². The Labute approximate surface area is 86.8 Å². The molecule has 1 fully saturated rings. The molecule has 0 spiro atoms. The molecule has 0 unspecified atom stereocenters. The molecule has 14 heavy (non-hydrogen) atoms. The van der Waals surface area contributed by atoms with Crippen LogP contribution in [0.25, 0.3) is 0 Å². The van der Waals surface area contributed by atoms with Gasteiger partial charge in [-0.25, -0.2) is 9.78 Å². The van der Waals surface area contributed by atoms with Gasteiger partial charge in [-0.15, -0.1) is 0 Å². The SMILES string of the molecule is O=C=NC1(c2ccc(Cl)nc2)CCC1. The monoisotopic (exact) mass is 208 g/mol. The van der Waals surface area contributed by atoms with Gasteiger partial charge in [0.05, 0.1) is 5.54 Å². The smallest absolute Gasteiger partial charge is 0.235 e. The average molecular weight is 209 g/mol. The Morgan fingerprint density at radius 1 is 1.50 bits per heavy atom. The summed E-state index contributed by atoms with van der Waals surface area (Å²) in [7, 11) is 0. The van der Waals surface area contributed by atoms with Crippen LogP contribution in [-0.2, 0) is 10.3 Å². The van der Waals surface area contributed by atoms with Gasteiger partial charge in [0.25, 0.3) is 0 Å². The number of pyridine rings is 1. The Morgan fingerprint density at radius 3 is 2.71 bits per heavy atom. The van der Waals surface area contributed by atoms with Gasteiger partial charge in [0, 0.05) is 6.20 Å². The van der Waals surface area contributed by atoms with E-state index in [2.05, 4.69) is 9.98 Å². The Kier molecular flexibility index (Phi) is 2.36. The Hall–Kier alpha value is -1.18. The zero-order valence-corrected chi connectivity index (χ0v) is 8.29. The van der Waals surface area contributed by atoms with Gasteiger partial charge in [-0.05, 0) is 30.9 Å². The predicted octanol–water partition coefficient (Wildman–Crippen LogP) is 2.45. The summed E-state index contributed by atoms with van der Waals surface area (Å²) in [5.74, 6) is 0. The number of aromatic nitrogens is 1. The summed E-state index contributed by atoms with van der Waals surface area (Å²) in [5.41, 5.74) is 0.593. The number of carbonyl (C=O) groups excluding carboxylic acids is 1. The summed E-state index contributed by atoms with van der Waals surface area (Å²) in [6, 6.07) is 3.59. The molecular formula is C10H9ClN2O. The van der Waals surface area contributed by atoms with Crippen molar-refractivity contribution < 1.29 is 4.79 Å². The lowest BCUT2D eigenvalue weighted by Crippen LogP contribution is -2.31. The largest absolute Gasteiger partial charge is 0.244 e. The van der Waals surface area contributed by atoms with E-state index < -0.39 is 0 Å². The second kappa shape index (κ2) is 3.52. The van der Waals surface area contributed by atoms with Crippen molar-refractivity contribution in [2.24, 2.45) is 4.99 Å². The summed E-state index contributed by atoms with van der Waals surface area (Å²) < 4.78 is 0. The summed E-state index contributed by atoms with van der Waals surface area (Å²) in [6.45, 7) is 0. The number of hydrogen-bond donors (Lipinski definition) is 0. The van der Waals surface area contributed by atoms with Crippen molar-refractivity contribution in [3.8, 4) is 0 Å².